The molecule has 1 fully saturated rings. The van der Waals surface area contributed by atoms with Crippen LogP contribution in [0.3, 0.4) is 0 Å². The van der Waals surface area contributed by atoms with Gasteiger partial charge in [0.25, 0.3) is 10.1 Å². The lowest BCUT2D eigenvalue weighted by Gasteiger charge is -2.23. The summed E-state index contributed by atoms with van der Waals surface area (Å²) in [5.74, 6) is 0. The van der Waals surface area contributed by atoms with Crippen molar-refractivity contribution in [2.24, 2.45) is 0 Å². The zero-order valence-electron chi connectivity index (χ0n) is 13.5. The van der Waals surface area contributed by atoms with Crippen molar-refractivity contribution in [1.29, 1.82) is 0 Å². The van der Waals surface area contributed by atoms with E-state index in [0.29, 0.717) is 19.6 Å². The van der Waals surface area contributed by atoms with Crippen molar-refractivity contribution >= 4 is 16.2 Å². The Balaban J connectivity index is 1.88. The third kappa shape index (κ3) is 4.68. The van der Waals surface area contributed by atoms with Crippen molar-refractivity contribution < 1.29 is 22.1 Å². The van der Waals surface area contributed by atoms with Crippen molar-refractivity contribution in [1.82, 2.24) is 4.90 Å². The van der Waals surface area contributed by atoms with Gasteiger partial charge in [-0.2, -0.15) is 8.42 Å². The van der Waals surface area contributed by atoms with Crippen LogP contribution in [0.25, 0.3) is 0 Å². The van der Waals surface area contributed by atoms with Crippen LogP contribution in [-0.4, -0.2) is 45.2 Å². The maximum atomic E-state index is 12.1. The Hall–Kier alpha value is -1.60. The third-order valence-corrected chi connectivity index (χ3v) is 5.21. The number of carbonyl (C=O) groups is 1. The molecule has 0 spiro atoms. The van der Waals surface area contributed by atoms with E-state index in [2.05, 4.69) is 0 Å². The summed E-state index contributed by atoms with van der Waals surface area (Å²) in [5, 5.41) is 0. The van der Waals surface area contributed by atoms with E-state index in [1.165, 1.54) is 12.1 Å². The highest BCUT2D eigenvalue weighted by atomic mass is 32.2. The monoisotopic (exact) mass is 341 g/mol. The van der Waals surface area contributed by atoms with Crippen LogP contribution in [0.5, 0.6) is 0 Å². The summed E-state index contributed by atoms with van der Waals surface area (Å²) < 4.78 is 34.3. The molecule has 0 radical (unpaired) electrons. The van der Waals surface area contributed by atoms with Crippen LogP contribution in [0, 0.1) is 6.92 Å². The quantitative estimate of drug-likeness (QED) is 0.744. The zero-order valence-corrected chi connectivity index (χ0v) is 14.3. The highest BCUT2D eigenvalue weighted by Crippen LogP contribution is 2.22. The van der Waals surface area contributed by atoms with Crippen LogP contribution in [-0.2, 0) is 19.0 Å². The first kappa shape index (κ1) is 17.7. The Kier molecular flexibility index (Phi) is 6.01. The minimum Gasteiger partial charge on any atom is -0.450 e. The van der Waals surface area contributed by atoms with Gasteiger partial charge in [0.2, 0.25) is 0 Å². The van der Waals surface area contributed by atoms with E-state index in [0.717, 1.165) is 18.4 Å². The molecule has 1 aromatic carbocycles. The Labute approximate surface area is 137 Å². The van der Waals surface area contributed by atoms with Gasteiger partial charge in [0.1, 0.15) is 0 Å². The summed E-state index contributed by atoms with van der Waals surface area (Å²) in [6.07, 6.45) is 1.88. The fourth-order valence-corrected chi connectivity index (χ4v) is 3.57. The van der Waals surface area contributed by atoms with Crippen molar-refractivity contribution in [3.8, 4) is 0 Å². The van der Waals surface area contributed by atoms with Crippen LogP contribution in [0.4, 0.5) is 4.79 Å². The lowest BCUT2D eigenvalue weighted by molar-refractivity contribution is 0.0986. The Morgan fingerprint density at radius 2 is 2.00 bits per heavy atom. The third-order valence-electron chi connectivity index (χ3n) is 3.88. The first-order valence-corrected chi connectivity index (χ1v) is 9.24. The summed E-state index contributed by atoms with van der Waals surface area (Å²) in [5.41, 5.74) is 0.986. The highest BCUT2D eigenvalue weighted by molar-refractivity contribution is 7.86. The number of amides is 1. The number of nitrogens with zero attached hydrogens (tertiary/aromatic N) is 1. The number of carbonyl (C=O) groups excluding carboxylic acids is 1. The highest BCUT2D eigenvalue weighted by Gasteiger charge is 2.30. The topological polar surface area (TPSA) is 72.9 Å². The first-order chi connectivity index (χ1) is 10.9. The Morgan fingerprint density at radius 1 is 1.30 bits per heavy atom. The molecule has 7 heteroatoms. The molecule has 0 N–H and O–H groups in total. The van der Waals surface area contributed by atoms with E-state index in [1.807, 2.05) is 6.92 Å². The van der Waals surface area contributed by atoms with E-state index in [1.54, 1.807) is 24.0 Å². The summed E-state index contributed by atoms with van der Waals surface area (Å²) in [4.78, 5) is 13.6. The zero-order chi connectivity index (χ0) is 16.9. The van der Waals surface area contributed by atoms with Crippen LogP contribution in [0.1, 0.15) is 31.7 Å². The van der Waals surface area contributed by atoms with Gasteiger partial charge < -0.3 is 9.64 Å². The smallest absolute Gasteiger partial charge is 0.409 e. The average molecular weight is 341 g/mol. The number of hydrogen-bond donors (Lipinski definition) is 0. The SMILES string of the molecule is CCOC(=O)N1CCCC1CCOS(=O)(=O)c1ccc(C)cc1. The van der Waals surface area contributed by atoms with Gasteiger partial charge >= 0.3 is 6.09 Å². The molecule has 23 heavy (non-hydrogen) atoms. The van der Waals surface area contributed by atoms with Gasteiger partial charge in [0.05, 0.1) is 18.1 Å². The van der Waals surface area contributed by atoms with E-state index >= 15 is 0 Å². The molecule has 1 aromatic rings. The number of rotatable bonds is 6. The summed E-state index contributed by atoms with van der Waals surface area (Å²) in [6.45, 7) is 4.69. The van der Waals surface area contributed by atoms with Crippen LogP contribution < -0.4 is 0 Å². The molecule has 1 aliphatic rings. The van der Waals surface area contributed by atoms with Crippen molar-refractivity contribution in [2.45, 2.75) is 44.0 Å². The van der Waals surface area contributed by atoms with Crippen molar-refractivity contribution in [3.05, 3.63) is 29.8 Å². The normalized spacial score (nSPS) is 18.2. The van der Waals surface area contributed by atoms with Gasteiger partial charge in [-0.25, -0.2) is 4.79 Å². The molecule has 6 nitrogen and oxygen atoms in total. The van der Waals surface area contributed by atoms with Gasteiger partial charge in [-0.15, -0.1) is 0 Å². The first-order valence-electron chi connectivity index (χ1n) is 7.83. The number of hydrogen-bond acceptors (Lipinski definition) is 5. The van der Waals surface area contributed by atoms with Crippen LogP contribution >= 0.6 is 0 Å². The van der Waals surface area contributed by atoms with Gasteiger partial charge in [-0.05, 0) is 45.2 Å². The maximum absolute atomic E-state index is 12.1. The molecular formula is C16H23NO5S. The van der Waals surface area contributed by atoms with E-state index in [9.17, 15) is 13.2 Å². The second kappa shape index (κ2) is 7.79. The predicted molar refractivity (Wildman–Crippen MR) is 85.7 cm³/mol. The van der Waals surface area contributed by atoms with E-state index in [-0.39, 0.29) is 23.6 Å². The Bertz CT molecular complexity index is 626. The molecule has 1 unspecified atom stereocenters. The lowest BCUT2D eigenvalue weighted by Crippen LogP contribution is -2.36. The summed E-state index contributed by atoms with van der Waals surface area (Å²) >= 11 is 0. The molecule has 0 aromatic heterocycles. The molecule has 1 saturated heterocycles. The molecule has 128 valence electrons. The maximum Gasteiger partial charge on any atom is 0.409 e. The van der Waals surface area contributed by atoms with Gasteiger partial charge in [0, 0.05) is 12.6 Å². The fraction of sp³-hybridized carbons (Fsp3) is 0.562. The fourth-order valence-electron chi connectivity index (χ4n) is 2.65. The molecule has 0 bridgehead atoms. The number of benzene rings is 1. The Morgan fingerprint density at radius 3 is 2.65 bits per heavy atom. The molecule has 2 rings (SSSR count). The average Bonchev–Trinajstić information content (AvgIpc) is 2.96. The second-order valence-corrected chi connectivity index (χ2v) is 7.18. The lowest BCUT2D eigenvalue weighted by atomic mass is 10.1. The van der Waals surface area contributed by atoms with Gasteiger partial charge in [0.15, 0.2) is 0 Å². The minimum atomic E-state index is -3.75. The van der Waals surface area contributed by atoms with Crippen LogP contribution in [0.2, 0.25) is 0 Å². The van der Waals surface area contributed by atoms with E-state index in [4.69, 9.17) is 8.92 Å². The largest absolute Gasteiger partial charge is 0.450 e. The summed E-state index contributed by atoms with van der Waals surface area (Å²) in [6, 6.07) is 6.50. The van der Waals surface area contributed by atoms with Gasteiger partial charge in [-0.1, -0.05) is 17.7 Å². The van der Waals surface area contributed by atoms with Crippen molar-refractivity contribution in [3.63, 3.8) is 0 Å². The second-order valence-electron chi connectivity index (χ2n) is 5.57. The molecule has 1 aliphatic heterocycles. The predicted octanol–water partition coefficient (Wildman–Crippen LogP) is 2.71. The number of ether oxygens (including phenoxy) is 1. The van der Waals surface area contributed by atoms with E-state index < -0.39 is 10.1 Å². The molecule has 0 saturated carbocycles. The number of aryl methyl sites for hydroxylation is 1. The molecule has 1 heterocycles. The number of likely N-dealkylation sites (tertiary alicyclic amines) is 1. The van der Waals surface area contributed by atoms with Gasteiger partial charge in [-0.3, -0.25) is 4.18 Å². The molecular weight excluding hydrogens is 318 g/mol. The van der Waals surface area contributed by atoms with Crippen LogP contribution in [0.15, 0.2) is 29.2 Å². The van der Waals surface area contributed by atoms with Crippen molar-refractivity contribution in [2.75, 3.05) is 19.8 Å². The standard InChI is InChI=1S/C16H23NO5S/c1-3-21-16(18)17-11-4-5-14(17)10-12-22-23(19,20)15-8-6-13(2)7-9-15/h6-9,14H,3-5,10-12H2,1-2H3. The minimum absolute atomic E-state index is 0.0257. The molecule has 0 aliphatic carbocycles. The molecule has 1 amide bonds. The molecule has 1 atom stereocenters. The summed E-state index contributed by atoms with van der Waals surface area (Å²) in [7, 11) is -3.75.